The van der Waals surface area contributed by atoms with E-state index in [1.165, 1.54) is 24.3 Å². The number of carbonyl (C=O) groups excluding carboxylic acids is 2. The molecule has 0 saturated carbocycles. The van der Waals surface area contributed by atoms with Gasteiger partial charge in [0.1, 0.15) is 35.7 Å². The third-order valence-corrected chi connectivity index (χ3v) is 5.34. The van der Waals surface area contributed by atoms with E-state index in [0.29, 0.717) is 16.6 Å². The Kier molecular flexibility index (Phi) is 7.41. The topological polar surface area (TPSA) is 122 Å². The molecule has 1 unspecified atom stereocenters. The van der Waals surface area contributed by atoms with E-state index in [2.05, 4.69) is 14.7 Å². The van der Waals surface area contributed by atoms with E-state index < -0.39 is 29.6 Å². The number of halogens is 1. The fourth-order valence-electron chi connectivity index (χ4n) is 3.61. The third-order valence-electron chi connectivity index (χ3n) is 5.34. The summed E-state index contributed by atoms with van der Waals surface area (Å²) in [5, 5.41) is 21.7. The Morgan fingerprint density at radius 2 is 1.75 bits per heavy atom. The number of ether oxygens (including phenoxy) is 2. The molecule has 0 amide bonds. The van der Waals surface area contributed by atoms with Gasteiger partial charge in [0.2, 0.25) is 5.78 Å². The highest BCUT2D eigenvalue weighted by Crippen LogP contribution is 2.29. The Morgan fingerprint density at radius 1 is 1.00 bits per heavy atom. The molecule has 0 saturated heterocycles. The van der Waals surface area contributed by atoms with Crippen molar-refractivity contribution in [3.8, 4) is 0 Å². The minimum absolute atomic E-state index is 0.0241. The zero-order valence-electron chi connectivity index (χ0n) is 19.3. The van der Waals surface area contributed by atoms with E-state index >= 15 is 0 Å². The van der Waals surface area contributed by atoms with Crippen LogP contribution in [0.4, 0.5) is 9.18 Å². The maximum Gasteiger partial charge on any atom is 0.508 e. The highest BCUT2D eigenvalue weighted by atomic mass is 19.1. The summed E-state index contributed by atoms with van der Waals surface area (Å²) in [7, 11) is 0. The molecule has 1 atom stereocenters. The number of hydrogen-bond donors (Lipinski definition) is 3. The van der Waals surface area contributed by atoms with Gasteiger partial charge in [-0.2, -0.15) is 0 Å². The van der Waals surface area contributed by atoms with Crippen molar-refractivity contribution in [3.05, 3.63) is 101 Å². The first-order valence-corrected chi connectivity index (χ1v) is 11.1. The Labute approximate surface area is 205 Å². The maximum atomic E-state index is 13.9. The van der Waals surface area contributed by atoms with Crippen molar-refractivity contribution in [2.75, 3.05) is 13.2 Å². The number of allylic oxidation sites excluding steroid dienone is 1. The molecule has 4 rings (SSSR count). The average Bonchev–Trinajstić information content (AvgIpc) is 3.31. The first-order valence-electron chi connectivity index (χ1n) is 11.1. The number of aliphatic hydroxyl groups is 2. The molecule has 4 aromatic rings. The van der Waals surface area contributed by atoms with Gasteiger partial charge in [-0.05, 0) is 42.8 Å². The van der Waals surface area contributed by atoms with Crippen LogP contribution in [0.25, 0.3) is 22.4 Å². The number of carbonyl (C=O) groups is 2. The molecule has 36 heavy (non-hydrogen) atoms. The fourth-order valence-corrected chi connectivity index (χ4v) is 3.61. The number of aromatic amines is 1. The molecule has 0 spiro atoms. The van der Waals surface area contributed by atoms with Crippen LogP contribution in [0.3, 0.4) is 0 Å². The van der Waals surface area contributed by atoms with Crippen LogP contribution in [0.2, 0.25) is 0 Å². The number of nitrogens with one attached hydrogen (secondary N) is 1. The Morgan fingerprint density at radius 3 is 2.50 bits per heavy atom. The van der Waals surface area contributed by atoms with Crippen LogP contribution >= 0.6 is 0 Å². The molecule has 0 radical (unpaired) electrons. The number of ketones is 1. The molecule has 0 bridgehead atoms. The highest BCUT2D eigenvalue weighted by Gasteiger charge is 2.24. The molecular weight excluding hydrogens is 467 g/mol. The quantitative estimate of drug-likeness (QED) is 0.134. The number of benzene rings is 3. The average molecular weight is 490 g/mol. The summed E-state index contributed by atoms with van der Waals surface area (Å²) in [4.78, 5) is 32.4. The summed E-state index contributed by atoms with van der Waals surface area (Å²) in [6, 6.07) is 18.4. The zero-order valence-corrected chi connectivity index (χ0v) is 19.3. The number of aliphatic hydroxyl groups excluding tert-OH is 2. The van der Waals surface area contributed by atoms with Gasteiger partial charge in [-0.3, -0.25) is 4.79 Å². The van der Waals surface area contributed by atoms with E-state index in [4.69, 9.17) is 4.74 Å². The van der Waals surface area contributed by atoms with Crippen molar-refractivity contribution < 1.29 is 33.7 Å². The summed E-state index contributed by atoms with van der Waals surface area (Å²) in [6.07, 6.45) is -2.13. The van der Waals surface area contributed by atoms with Crippen LogP contribution in [-0.4, -0.2) is 45.3 Å². The molecule has 0 fully saturated rings. The van der Waals surface area contributed by atoms with Gasteiger partial charge in [-0.1, -0.05) is 42.5 Å². The zero-order chi connectivity index (χ0) is 25.7. The lowest BCUT2D eigenvalue weighted by molar-refractivity contribution is 0.0207. The monoisotopic (exact) mass is 490 g/mol. The second-order valence-electron chi connectivity index (χ2n) is 7.80. The smallest absolute Gasteiger partial charge is 0.506 e. The van der Waals surface area contributed by atoms with Gasteiger partial charge in [-0.15, -0.1) is 0 Å². The normalized spacial score (nSPS) is 12.6. The van der Waals surface area contributed by atoms with Gasteiger partial charge in [0.15, 0.2) is 0 Å². The molecule has 3 N–H and O–H groups in total. The lowest BCUT2D eigenvalue weighted by Gasteiger charge is -2.14. The van der Waals surface area contributed by atoms with E-state index in [1.54, 1.807) is 49.4 Å². The van der Waals surface area contributed by atoms with Gasteiger partial charge < -0.3 is 24.7 Å². The SMILES string of the molecule is CCOC(=O)OCC(O)c1cccc(C(O)=C(C(=O)c2cccc(F)c2)c2nc3ccccc3[nH]2)c1. The van der Waals surface area contributed by atoms with Gasteiger partial charge in [0, 0.05) is 11.1 Å². The van der Waals surface area contributed by atoms with E-state index in [1.807, 2.05) is 0 Å². The minimum Gasteiger partial charge on any atom is -0.506 e. The van der Waals surface area contributed by atoms with Gasteiger partial charge in [0.05, 0.1) is 17.6 Å². The van der Waals surface area contributed by atoms with Gasteiger partial charge in [-0.25, -0.2) is 14.2 Å². The largest absolute Gasteiger partial charge is 0.508 e. The molecule has 9 heteroatoms. The first-order chi connectivity index (χ1) is 17.4. The molecule has 3 aromatic carbocycles. The summed E-state index contributed by atoms with van der Waals surface area (Å²) in [5.74, 6) is -1.58. The molecule has 0 aliphatic carbocycles. The first kappa shape index (κ1) is 24.6. The second-order valence-corrected chi connectivity index (χ2v) is 7.80. The van der Waals surface area contributed by atoms with Crippen LogP contribution < -0.4 is 0 Å². The molecule has 0 aliphatic heterocycles. The van der Waals surface area contributed by atoms with Crippen molar-refractivity contribution >= 4 is 34.3 Å². The lowest BCUT2D eigenvalue weighted by atomic mass is 9.97. The molecule has 1 aromatic heterocycles. The molecule has 0 aliphatic rings. The Balaban J connectivity index is 1.76. The van der Waals surface area contributed by atoms with E-state index in [0.717, 1.165) is 6.07 Å². The minimum atomic E-state index is -1.21. The number of aromatic nitrogens is 2. The van der Waals surface area contributed by atoms with Crippen LogP contribution in [0.5, 0.6) is 0 Å². The van der Waals surface area contributed by atoms with E-state index in [9.17, 15) is 24.2 Å². The van der Waals surface area contributed by atoms with Crippen LogP contribution in [-0.2, 0) is 9.47 Å². The summed E-state index contributed by atoms with van der Waals surface area (Å²) in [6.45, 7) is 1.39. The van der Waals surface area contributed by atoms with Crippen LogP contribution in [0.1, 0.15) is 40.3 Å². The number of fused-ring (bicyclic) bond motifs is 1. The molecule has 184 valence electrons. The van der Waals surface area contributed by atoms with Crippen molar-refractivity contribution in [2.24, 2.45) is 0 Å². The second kappa shape index (κ2) is 10.8. The standard InChI is InChI=1S/C27H23FN2O6/c1-2-35-27(34)36-15-22(31)16-7-5-8-17(13-16)24(32)23(25(33)18-9-6-10-19(28)14-18)26-29-20-11-3-4-12-21(20)30-26/h3-14,22,31-32H,2,15H2,1H3,(H,29,30). The summed E-state index contributed by atoms with van der Waals surface area (Å²) < 4.78 is 23.4. The van der Waals surface area contributed by atoms with Crippen molar-refractivity contribution in [3.63, 3.8) is 0 Å². The predicted octanol–water partition coefficient (Wildman–Crippen LogP) is 5.22. The molecule has 8 nitrogen and oxygen atoms in total. The lowest BCUT2D eigenvalue weighted by Crippen LogP contribution is -2.14. The number of Topliss-reactive ketones (excluding diaryl/α,β-unsaturated/α-hetero) is 1. The summed E-state index contributed by atoms with van der Waals surface area (Å²) >= 11 is 0. The number of nitrogens with zero attached hydrogens (tertiary/aromatic N) is 1. The third kappa shape index (κ3) is 5.42. The van der Waals surface area contributed by atoms with Crippen LogP contribution in [0.15, 0.2) is 72.8 Å². The Bertz CT molecular complexity index is 1410. The number of imidazole rings is 1. The Hall–Kier alpha value is -4.50. The fraction of sp³-hybridized carbons (Fsp3) is 0.148. The maximum absolute atomic E-state index is 13.9. The number of H-pyrrole nitrogens is 1. The highest BCUT2D eigenvalue weighted by molar-refractivity contribution is 6.33. The van der Waals surface area contributed by atoms with Crippen molar-refractivity contribution in [1.82, 2.24) is 9.97 Å². The van der Waals surface area contributed by atoms with Crippen molar-refractivity contribution in [1.29, 1.82) is 0 Å². The number of para-hydroxylation sites is 2. The van der Waals surface area contributed by atoms with E-state index in [-0.39, 0.29) is 35.7 Å². The molecular formula is C27H23FN2O6. The van der Waals surface area contributed by atoms with Crippen molar-refractivity contribution in [2.45, 2.75) is 13.0 Å². The summed E-state index contributed by atoms with van der Waals surface area (Å²) in [5.41, 5.74) is 1.59. The molecule has 1 heterocycles. The van der Waals surface area contributed by atoms with Gasteiger partial charge >= 0.3 is 6.16 Å². The number of rotatable bonds is 8. The van der Waals surface area contributed by atoms with Gasteiger partial charge in [0.25, 0.3) is 0 Å². The predicted molar refractivity (Wildman–Crippen MR) is 131 cm³/mol. The number of hydrogen-bond acceptors (Lipinski definition) is 7. The van der Waals surface area contributed by atoms with Crippen LogP contribution in [0, 0.1) is 5.82 Å².